The Morgan fingerprint density at radius 2 is 2.04 bits per heavy atom. The number of pyridine rings is 1. The van der Waals surface area contributed by atoms with Crippen molar-refractivity contribution in [3.8, 4) is 0 Å². The summed E-state index contributed by atoms with van der Waals surface area (Å²) in [5.41, 5.74) is 2.17. The van der Waals surface area contributed by atoms with Crippen molar-refractivity contribution < 1.29 is 4.79 Å². The molecule has 0 unspecified atom stereocenters. The van der Waals surface area contributed by atoms with Gasteiger partial charge in [-0.1, -0.05) is 17.7 Å². The number of aromatic nitrogens is 2. The smallest absolute Gasteiger partial charge is 0.248 e. The number of nitrogens with one attached hydrogen (secondary N) is 1. The van der Waals surface area contributed by atoms with Crippen molar-refractivity contribution in [1.82, 2.24) is 9.38 Å². The first-order valence-electron chi connectivity index (χ1n) is 6.93. The van der Waals surface area contributed by atoms with Gasteiger partial charge in [-0.15, -0.1) is 11.8 Å². The lowest BCUT2D eigenvalue weighted by molar-refractivity contribution is -0.111. The fraction of sp³-hybridized carbons (Fsp3) is 0.0588. The highest BCUT2D eigenvalue weighted by Gasteiger charge is 2.07. The number of anilines is 1. The number of carbonyl (C=O) groups is 1. The number of rotatable bonds is 4. The fourth-order valence-electron chi connectivity index (χ4n) is 2.15. The third-order valence-electron chi connectivity index (χ3n) is 3.27. The molecule has 6 heteroatoms. The van der Waals surface area contributed by atoms with E-state index in [1.54, 1.807) is 17.8 Å². The van der Waals surface area contributed by atoms with Gasteiger partial charge in [-0.2, -0.15) is 0 Å². The van der Waals surface area contributed by atoms with Gasteiger partial charge in [0.15, 0.2) is 5.15 Å². The Kier molecular flexibility index (Phi) is 4.69. The maximum atomic E-state index is 12.0. The molecule has 1 N–H and O–H groups in total. The molecule has 0 aliphatic heterocycles. The van der Waals surface area contributed by atoms with E-state index >= 15 is 0 Å². The Morgan fingerprint density at radius 1 is 1.26 bits per heavy atom. The molecule has 23 heavy (non-hydrogen) atoms. The number of imidazole rings is 1. The van der Waals surface area contributed by atoms with Gasteiger partial charge in [0, 0.05) is 22.9 Å². The van der Waals surface area contributed by atoms with Crippen LogP contribution in [0.1, 0.15) is 5.69 Å². The molecular formula is C17H14ClN3OS. The lowest BCUT2D eigenvalue weighted by Crippen LogP contribution is -2.07. The van der Waals surface area contributed by atoms with E-state index < -0.39 is 0 Å². The number of amides is 1. The van der Waals surface area contributed by atoms with Crippen molar-refractivity contribution in [1.29, 1.82) is 0 Å². The highest BCUT2D eigenvalue weighted by atomic mass is 35.5. The number of hydrogen-bond acceptors (Lipinski definition) is 3. The normalized spacial score (nSPS) is 11.2. The van der Waals surface area contributed by atoms with E-state index in [4.69, 9.17) is 11.6 Å². The van der Waals surface area contributed by atoms with Crippen molar-refractivity contribution in [3.63, 3.8) is 0 Å². The van der Waals surface area contributed by atoms with Crippen LogP contribution in [-0.2, 0) is 4.79 Å². The molecule has 2 aromatic heterocycles. The SMILES string of the molecule is CSc1ccc(NC(=O)/C=C/c2c(Cl)nc3ccccn23)cc1. The molecule has 2 heterocycles. The highest BCUT2D eigenvalue weighted by molar-refractivity contribution is 7.98. The molecule has 0 spiro atoms. The molecule has 1 amide bonds. The second-order valence-corrected chi connectivity index (χ2v) is 6.01. The van der Waals surface area contributed by atoms with Crippen molar-refractivity contribution >= 4 is 46.7 Å². The number of nitrogens with zero attached hydrogens (tertiary/aromatic N) is 2. The van der Waals surface area contributed by atoms with Crippen molar-refractivity contribution in [3.05, 3.63) is 65.6 Å². The first kappa shape index (κ1) is 15.6. The minimum absolute atomic E-state index is 0.219. The van der Waals surface area contributed by atoms with Crippen LogP contribution in [0.5, 0.6) is 0 Å². The Hall–Kier alpha value is -2.24. The van der Waals surface area contributed by atoms with Gasteiger partial charge in [0.1, 0.15) is 5.65 Å². The second kappa shape index (κ2) is 6.89. The summed E-state index contributed by atoms with van der Waals surface area (Å²) >= 11 is 7.78. The maximum absolute atomic E-state index is 12.0. The van der Waals surface area contributed by atoms with Crippen LogP contribution in [0, 0.1) is 0 Å². The predicted molar refractivity (Wildman–Crippen MR) is 96.1 cm³/mol. The van der Waals surface area contributed by atoms with Gasteiger partial charge in [0.05, 0.1) is 5.69 Å². The number of benzene rings is 1. The van der Waals surface area contributed by atoms with Gasteiger partial charge >= 0.3 is 0 Å². The Balaban J connectivity index is 1.75. The second-order valence-electron chi connectivity index (χ2n) is 4.77. The van der Waals surface area contributed by atoms with E-state index in [0.717, 1.165) is 16.2 Å². The van der Waals surface area contributed by atoms with Crippen LogP contribution in [0.2, 0.25) is 5.15 Å². The van der Waals surface area contributed by atoms with E-state index in [2.05, 4.69) is 10.3 Å². The Morgan fingerprint density at radius 3 is 2.78 bits per heavy atom. The van der Waals surface area contributed by atoms with Crippen molar-refractivity contribution in [2.75, 3.05) is 11.6 Å². The fourth-order valence-corrected chi connectivity index (χ4v) is 2.80. The summed E-state index contributed by atoms with van der Waals surface area (Å²) in [7, 11) is 0. The molecule has 0 aliphatic rings. The molecule has 3 rings (SSSR count). The zero-order valence-electron chi connectivity index (χ0n) is 12.4. The number of carbonyl (C=O) groups excluding carboxylic acids is 1. The molecule has 116 valence electrons. The quantitative estimate of drug-likeness (QED) is 0.565. The first-order valence-corrected chi connectivity index (χ1v) is 8.53. The summed E-state index contributed by atoms with van der Waals surface area (Å²) in [6.07, 6.45) is 6.97. The van der Waals surface area contributed by atoms with Crippen LogP contribution in [0.4, 0.5) is 5.69 Å². The lowest BCUT2D eigenvalue weighted by Gasteiger charge is -2.03. The summed E-state index contributed by atoms with van der Waals surface area (Å²) in [4.78, 5) is 17.4. The van der Waals surface area contributed by atoms with Crippen LogP contribution < -0.4 is 5.32 Å². The number of fused-ring (bicyclic) bond motifs is 1. The minimum atomic E-state index is -0.219. The van der Waals surface area contributed by atoms with Gasteiger partial charge in [0.25, 0.3) is 0 Å². The molecule has 3 aromatic rings. The monoisotopic (exact) mass is 343 g/mol. The highest BCUT2D eigenvalue weighted by Crippen LogP contribution is 2.20. The summed E-state index contributed by atoms with van der Waals surface area (Å²) in [6.45, 7) is 0. The van der Waals surface area contributed by atoms with Gasteiger partial charge in [-0.05, 0) is 48.7 Å². The van der Waals surface area contributed by atoms with Crippen molar-refractivity contribution in [2.45, 2.75) is 4.90 Å². The largest absolute Gasteiger partial charge is 0.323 e. The van der Waals surface area contributed by atoms with Crippen LogP contribution in [-0.4, -0.2) is 21.5 Å². The third-order valence-corrected chi connectivity index (χ3v) is 4.29. The van der Waals surface area contributed by atoms with Gasteiger partial charge in [-0.3, -0.25) is 9.20 Å². The standard InChI is InChI=1S/C17H14ClN3OS/c1-23-13-7-5-12(6-8-13)19-16(22)10-9-14-17(18)20-15-4-2-3-11-21(14)15/h2-11H,1H3,(H,19,22)/b10-9+. The van der Waals surface area contributed by atoms with Crippen LogP contribution >= 0.6 is 23.4 Å². The molecule has 0 radical (unpaired) electrons. The van der Waals surface area contributed by atoms with E-state index in [1.807, 2.05) is 59.3 Å². The van der Waals surface area contributed by atoms with E-state index in [1.165, 1.54) is 6.08 Å². The molecule has 0 atom stereocenters. The summed E-state index contributed by atoms with van der Waals surface area (Å²) in [6, 6.07) is 13.3. The average Bonchev–Trinajstić information content (AvgIpc) is 2.89. The van der Waals surface area contributed by atoms with Crippen LogP contribution in [0.25, 0.3) is 11.7 Å². The molecule has 0 saturated heterocycles. The summed E-state index contributed by atoms with van der Waals surface area (Å²) < 4.78 is 1.83. The maximum Gasteiger partial charge on any atom is 0.248 e. The minimum Gasteiger partial charge on any atom is -0.323 e. The number of thioether (sulfide) groups is 1. The zero-order chi connectivity index (χ0) is 16.2. The van der Waals surface area contributed by atoms with E-state index in [9.17, 15) is 4.79 Å². The molecule has 1 aromatic carbocycles. The average molecular weight is 344 g/mol. The molecule has 0 aliphatic carbocycles. The topological polar surface area (TPSA) is 46.4 Å². The number of hydrogen-bond donors (Lipinski definition) is 1. The van der Waals surface area contributed by atoms with Crippen LogP contribution in [0.3, 0.4) is 0 Å². The lowest BCUT2D eigenvalue weighted by atomic mass is 10.3. The first-order chi connectivity index (χ1) is 11.2. The van der Waals surface area contributed by atoms with Gasteiger partial charge in [0.2, 0.25) is 5.91 Å². The van der Waals surface area contributed by atoms with E-state index in [0.29, 0.717) is 10.8 Å². The molecule has 4 nitrogen and oxygen atoms in total. The Labute approximate surface area is 143 Å². The molecule has 0 bridgehead atoms. The molecular weight excluding hydrogens is 330 g/mol. The van der Waals surface area contributed by atoms with Crippen LogP contribution in [0.15, 0.2) is 59.6 Å². The third kappa shape index (κ3) is 3.57. The summed E-state index contributed by atoms with van der Waals surface area (Å²) in [5, 5.41) is 3.18. The summed E-state index contributed by atoms with van der Waals surface area (Å²) in [5.74, 6) is -0.219. The van der Waals surface area contributed by atoms with Gasteiger partial charge in [-0.25, -0.2) is 4.98 Å². The van der Waals surface area contributed by atoms with E-state index in [-0.39, 0.29) is 5.91 Å². The Bertz CT molecular complexity index is 871. The van der Waals surface area contributed by atoms with Crippen molar-refractivity contribution in [2.24, 2.45) is 0 Å². The predicted octanol–water partition coefficient (Wildman–Crippen LogP) is 4.36. The van der Waals surface area contributed by atoms with Gasteiger partial charge < -0.3 is 5.32 Å². The molecule has 0 saturated carbocycles. The molecule has 0 fully saturated rings. The zero-order valence-corrected chi connectivity index (χ0v) is 13.9. The number of halogens is 1.